The van der Waals surface area contributed by atoms with Gasteiger partial charge in [-0.15, -0.1) is 0 Å². The number of benzene rings is 2. The molecule has 5 nitrogen and oxygen atoms in total. The number of rotatable bonds is 5. The van der Waals surface area contributed by atoms with Crippen LogP contribution in [0.15, 0.2) is 48.0 Å². The van der Waals surface area contributed by atoms with Crippen LogP contribution in [-0.4, -0.2) is 35.4 Å². The molecule has 1 unspecified atom stereocenters. The third-order valence-electron chi connectivity index (χ3n) is 5.08. The van der Waals surface area contributed by atoms with Crippen LogP contribution in [0.25, 0.3) is 5.76 Å². The molecular weight excluding hydrogens is 354 g/mol. The van der Waals surface area contributed by atoms with E-state index in [2.05, 4.69) is 0 Å². The van der Waals surface area contributed by atoms with Crippen LogP contribution in [0.2, 0.25) is 0 Å². The highest BCUT2D eigenvalue weighted by Gasteiger charge is 2.45. The first-order chi connectivity index (χ1) is 13.4. The molecule has 0 aliphatic carbocycles. The maximum Gasteiger partial charge on any atom is 0.295 e. The molecule has 1 heterocycles. The Balaban J connectivity index is 2.21. The second kappa shape index (κ2) is 7.89. The summed E-state index contributed by atoms with van der Waals surface area (Å²) < 4.78 is 5.21. The minimum atomic E-state index is -0.646. The Bertz CT molecular complexity index is 944. The maximum atomic E-state index is 12.9. The molecule has 5 heteroatoms. The first kappa shape index (κ1) is 19.7. The monoisotopic (exact) mass is 379 g/mol. The van der Waals surface area contributed by atoms with Crippen LogP contribution in [0.3, 0.4) is 0 Å². The summed E-state index contributed by atoms with van der Waals surface area (Å²) in [6.07, 6.45) is 0.711. The van der Waals surface area contributed by atoms with Crippen molar-refractivity contribution < 1.29 is 19.4 Å². The summed E-state index contributed by atoms with van der Waals surface area (Å²) in [6, 6.07) is 12.3. The Morgan fingerprint density at radius 2 is 1.79 bits per heavy atom. The van der Waals surface area contributed by atoms with E-state index in [0.717, 1.165) is 16.7 Å². The number of hydrogen-bond acceptors (Lipinski definition) is 4. The summed E-state index contributed by atoms with van der Waals surface area (Å²) >= 11 is 0. The lowest BCUT2D eigenvalue weighted by Gasteiger charge is -2.25. The van der Waals surface area contributed by atoms with Gasteiger partial charge in [-0.1, -0.05) is 36.8 Å². The molecule has 0 bridgehead atoms. The van der Waals surface area contributed by atoms with Gasteiger partial charge in [0.15, 0.2) is 0 Å². The first-order valence-corrected chi connectivity index (χ1v) is 9.39. The average Bonchev–Trinajstić information content (AvgIpc) is 2.94. The number of carbonyl (C=O) groups excluding carboxylic acids is 2. The predicted octanol–water partition coefficient (Wildman–Crippen LogP) is 4.14. The second-order valence-electron chi connectivity index (χ2n) is 7.08. The fourth-order valence-corrected chi connectivity index (χ4v) is 3.62. The zero-order chi connectivity index (χ0) is 20.4. The van der Waals surface area contributed by atoms with E-state index < -0.39 is 17.7 Å². The van der Waals surface area contributed by atoms with Crippen molar-refractivity contribution in [3.8, 4) is 5.75 Å². The van der Waals surface area contributed by atoms with Gasteiger partial charge in [0.2, 0.25) is 0 Å². The summed E-state index contributed by atoms with van der Waals surface area (Å²) in [5.74, 6) is -0.660. The molecule has 2 aromatic rings. The van der Waals surface area contributed by atoms with Crippen molar-refractivity contribution in [2.45, 2.75) is 33.2 Å². The highest BCUT2D eigenvalue weighted by Crippen LogP contribution is 2.40. The number of methoxy groups -OCH3 is 1. The van der Waals surface area contributed by atoms with Crippen LogP contribution < -0.4 is 4.74 Å². The lowest BCUT2D eigenvalue weighted by Crippen LogP contribution is -2.30. The van der Waals surface area contributed by atoms with Gasteiger partial charge in [-0.05, 0) is 49.6 Å². The van der Waals surface area contributed by atoms with E-state index in [9.17, 15) is 14.7 Å². The van der Waals surface area contributed by atoms with Crippen LogP contribution in [0, 0.1) is 13.8 Å². The van der Waals surface area contributed by atoms with Gasteiger partial charge < -0.3 is 14.7 Å². The highest BCUT2D eigenvalue weighted by molar-refractivity contribution is 6.46. The predicted molar refractivity (Wildman–Crippen MR) is 108 cm³/mol. The summed E-state index contributed by atoms with van der Waals surface area (Å²) in [6.45, 7) is 6.19. The number of Topliss-reactive ketones (excluding diaryl/α,β-unsaturated/α-hetero) is 1. The summed E-state index contributed by atoms with van der Waals surface area (Å²) in [5, 5.41) is 11.1. The smallest absolute Gasteiger partial charge is 0.295 e. The Morgan fingerprint density at radius 1 is 1.11 bits per heavy atom. The normalized spacial score (nSPS) is 18.6. The minimum absolute atomic E-state index is 0.126. The van der Waals surface area contributed by atoms with Crippen LogP contribution >= 0.6 is 0 Å². The van der Waals surface area contributed by atoms with E-state index in [4.69, 9.17) is 4.74 Å². The number of likely N-dealkylation sites (tertiary alicyclic amines) is 1. The van der Waals surface area contributed by atoms with Crippen LogP contribution in [0.1, 0.15) is 41.6 Å². The summed E-state index contributed by atoms with van der Waals surface area (Å²) in [4.78, 5) is 27.1. The first-order valence-electron chi connectivity index (χ1n) is 9.39. The van der Waals surface area contributed by atoms with Crippen molar-refractivity contribution in [1.29, 1.82) is 0 Å². The number of ketones is 1. The molecule has 1 atom stereocenters. The summed E-state index contributed by atoms with van der Waals surface area (Å²) in [5.41, 5.74) is 3.29. The van der Waals surface area contributed by atoms with Crippen molar-refractivity contribution in [3.05, 3.63) is 70.3 Å². The van der Waals surface area contributed by atoms with E-state index in [1.165, 1.54) is 0 Å². The van der Waals surface area contributed by atoms with Crippen LogP contribution in [0.4, 0.5) is 0 Å². The van der Waals surface area contributed by atoms with Crippen molar-refractivity contribution in [2.75, 3.05) is 13.7 Å². The zero-order valence-corrected chi connectivity index (χ0v) is 16.7. The lowest BCUT2D eigenvalue weighted by molar-refractivity contribution is -0.139. The van der Waals surface area contributed by atoms with Crippen molar-refractivity contribution in [1.82, 2.24) is 4.90 Å². The number of aliphatic hydroxyl groups is 1. The number of hydrogen-bond donors (Lipinski definition) is 1. The molecule has 0 radical (unpaired) electrons. The Labute approximate surface area is 165 Å². The zero-order valence-electron chi connectivity index (χ0n) is 16.7. The lowest BCUT2D eigenvalue weighted by atomic mass is 9.93. The standard InChI is InChI=1S/C23H25NO4/c1-5-12-24-20(16-8-10-17(28-4)11-9-16)19(22(26)23(24)27)21(25)18-13-14(2)6-7-15(18)3/h6-11,13,20,25H,5,12H2,1-4H3/b21-19+. The number of nitrogens with zero attached hydrogens (tertiary/aromatic N) is 1. The molecule has 1 amide bonds. The average molecular weight is 379 g/mol. The largest absolute Gasteiger partial charge is 0.507 e. The number of ether oxygens (including phenoxy) is 1. The van der Waals surface area contributed by atoms with E-state index in [1.54, 1.807) is 24.1 Å². The number of carbonyl (C=O) groups is 2. The highest BCUT2D eigenvalue weighted by atomic mass is 16.5. The number of aliphatic hydroxyl groups excluding tert-OH is 1. The maximum absolute atomic E-state index is 12.9. The van der Waals surface area contributed by atoms with Gasteiger partial charge in [-0.2, -0.15) is 0 Å². The molecule has 2 aromatic carbocycles. The topological polar surface area (TPSA) is 66.8 Å². The molecule has 0 aromatic heterocycles. The fraction of sp³-hybridized carbons (Fsp3) is 0.304. The molecule has 146 valence electrons. The van der Waals surface area contributed by atoms with Crippen molar-refractivity contribution in [2.24, 2.45) is 0 Å². The third kappa shape index (κ3) is 3.40. The molecule has 1 N–H and O–H groups in total. The molecule has 0 spiro atoms. The Hall–Kier alpha value is -3.08. The number of aryl methyl sites for hydroxylation is 2. The van der Waals surface area contributed by atoms with Crippen molar-refractivity contribution >= 4 is 17.4 Å². The molecule has 1 saturated heterocycles. The Morgan fingerprint density at radius 3 is 2.39 bits per heavy atom. The molecule has 1 aliphatic heterocycles. The Kier molecular flexibility index (Phi) is 5.54. The van der Waals surface area contributed by atoms with Gasteiger partial charge in [-0.3, -0.25) is 9.59 Å². The van der Waals surface area contributed by atoms with Gasteiger partial charge in [0, 0.05) is 12.1 Å². The second-order valence-corrected chi connectivity index (χ2v) is 7.08. The molecule has 3 rings (SSSR count). The SMILES string of the molecule is CCCN1C(=O)C(=O)/C(=C(/O)c2cc(C)ccc2C)C1c1ccc(OC)cc1. The van der Waals surface area contributed by atoms with E-state index in [1.807, 2.05) is 51.1 Å². The van der Waals surface area contributed by atoms with Gasteiger partial charge in [0.25, 0.3) is 11.7 Å². The van der Waals surface area contributed by atoms with E-state index in [-0.39, 0.29) is 11.3 Å². The minimum Gasteiger partial charge on any atom is -0.507 e. The van der Waals surface area contributed by atoms with Crippen LogP contribution in [0.5, 0.6) is 5.75 Å². The van der Waals surface area contributed by atoms with Gasteiger partial charge in [0.1, 0.15) is 11.5 Å². The molecular formula is C23H25NO4. The number of amides is 1. The van der Waals surface area contributed by atoms with Gasteiger partial charge in [-0.25, -0.2) is 0 Å². The molecule has 0 saturated carbocycles. The molecule has 1 aliphatic rings. The van der Waals surface area contributed by atoms with Crippen LogP contribution in [-0.2, 0) is 9.59 Å². The fourth-order valence-electron chi connectivity index (χ4n) is 3.62. The van der Waals surface area contributed by atoms with E-state index in [0.29, 0.717) is 24.3 Å². The molecule has 28 heavy (non-hydrogen) atoms. The van der Waals surface area contributed by atoms with Gasteiger partial charge in [0.05, 0.1) is 18.7 Å². The molecule has 1 fully saturated rings. The van der Waals surface area contributed by atoms with E-state index >= 15 is 0 Å². The van der Waals surface area contributed by atoms with Gasteiger partial charge >= 0.3 is 0 Å². The van der Waals surface area contributed by atoms with Crippen molar-refractivity contribution in [3.63, 3.8) is 0 Å². The summed E-state index contributed by atoms with van der Waals surface area (Å²) in [7, 11) is 1.58. The third-order valence-corrected chi connectivity index (χ3v) is 5.08. The quantitative estimate of drug-likeness (QED) is 0.482.